The number of urea groups is 1. The predicted octanol–water partition coefficient (Wildman–Crippen LogP) is 1.69. The summed E-state index contributed by atoms with van der Waals surface area (Å²) in [6, 6.07) is 0.276. The van der Waals surface area contributed by atoms with Gasteiger partial charge in [0, 0.05) is 25.7 Å². The molecule has 0 aliphatic carbocycles. The van der Waals surface area contributed by atoms with Gasteiger partial charge in [0.15, 0.2) is 0 Å². The fourth-order valence-corrected chi connectivity index (χ4v) is 2.66. The lowest BCUT2D eigenvalue weighted by molar-refractivity contribution is 0.132. The molecule has 1 unspecified atom stereocenters. The van der Waals surface area contributed by atoms with E-state index in [4.69, 9.17) is 5.11 Å². The molecule has 1 rings (SSSR count). The Labute approximate surface area is 108 Å². The maximum atomic E-state index is 12.0. The maximum Gasteiger partial charge on any atom is 0.317 e. The van der Waals surface area contributed by atoms with Crippen LogP contribution in [-0.4, -0.2) is 53.8 Å². The van der Waals surface area contributed by atoms with Crippen molar-refractivity contribution in [2.24, 2.45) is 0 Å². The Bertz CT molecular complexity index is 225. The van der Waals surface area contributed by atoms with Crippen molar-refractivity contribution in [1.29, 1.82) is 0 Å². The number of likely N-dealkylation sites (tertiary alicyclic amines) is 1. The van der Waals surface area contributed by atoms with Crippen LogP contribution in [0, 0.1) is 0 Å². The van der Waals surface area contributed by atoms with Crippen molar-refractivity contribution < 1.29 is 9.90 Å². The van der Waals surface area contributed by atoms with Crippen molar-refractivity contribution in [3.8, 4) is 0 Å². The first-order valence-electron chi connectivity index (χ1n) is 6.44. The molecule has 1 aliphatic rings. The minimum absolute atomic E-state index is 0.0456. The van der Waals surface area contributed by atoms with Crippen LogP contribution in [0.3, 0.4) is 0 Å². The number of rotatable bonds is 6. The van der Waals surface area contributed by atoms with E-state index in [-0.39, 0.29) is 18.7 Å². The van der Waals surface area contributed by atoms with Crippen LogP contribution in [0.1, 0.15) is 32.1 Å². The summed E-state index contributed by atoms with van der Waals surface area (Å²) in [5.74, 6) is 1.08. The summed E-state index contributed by atoms with van der Waals surface area (Å²) in [4.78, 5) is 13.9. The molecule has 4 nitrogen and oxygen atoms in total. The second-order valence-electron chi connectivity index (χ2n) is 4.43. The van der Waals surface area contributed by atoms with Crippen LogP contribution in [0.25, 0.3) is 0 Å². The summed E-state index contributed by atoms with van der Waals surface area (Å²) in [7, 11) is 0. The summed E-state index contributed by atoms with van der Waals surface area (Å²) in [5, 5.41) is 12.0. The molecule has 0 radical (unpaired) electrons. The van der Waals surface area contributed by atoms with Crippen LogP contribution in [-0.2, 0) is 0 Å². The van der Waals surface area contributed by atoms with Gasteiger partial charge in [-0.25, -0.2) is 4.79 Å². The number of nitrogens with one attached hydrogen (secondary N) is 1. The first-order valence-corrected chi connectivity index (χ1v) is 7.83. The first kappa shape index (κ1) is 14.6. The molecule has 1 saturated heterocycles. The van der Waals surface area contributed by atoms with Gasteiger partial charge < -0.3 is 15.3 Å². The zero-order chi connectivity index (χ0) is 12.5. The average molecular weight is 260 g/mol. The van der Waals surface area contributed by atoms with Gasteiger partial charge >= 0.3 is 6.03 Å². The minimum Gasteiger partial charge on any atom is -0.396 e. The van der Waals surface area contributed by atoms with Gasteiger partial charge in [0.05, 0.1) is 0 Å². The highest BCUT2D eigenvalue weighted by Crippen LogP contribution is 2.19. The fraction of sp³-hybridized carbons (Fsp3) is 0.917. The van der Waals surface area contributed by atoms with E-state index in [9.17, 15) is 4.79 Å². The fourth-order valence-electron chi connectivity index (χ4n) is 2.23. The molecule has 0 aromatic heterocycles. The summed E-state index contributed by atoms with van der Waals surface area (Å²) in [6.45, 7) is 1.75. The smallest absolute Gasteiger partial charge is 0.317 e. The average Bonchev–Trinajstić information content (AvgIpc) is 2.35. The van der Waals surface area contributed by atoms with Crippen LogP contribution < -0.4 is 5.32 Å². The lowest BCUT2D eigenvalue weighted by atomic mass is 10.0. The van der Waals surface area contributed by atoms with Gasteiger partial charge in [-0.15, -0.1) is 0 Å². The molecule has 100 valence electrons. The van der Waals surface area contributed by atoms with E-state index in [1.807, 2.05) is 4.90 Å². The standard InChI is InChI=1S/C12H24N2O2S/c1-17-10-4-7-13-12(16)14-8-3-2-5-11(14)6-9-15/h11,15H,2-10H2,1H3,(H,13,16). The Kier molecular flexibility index (Phi) is 7.44. The van der Waals surface area contributed by atoms with Gasteiger partial charge in [-0.2, -0.15) is 11.8 Å². The summed E-state index contributed by atoms with van der Waals surface area (Å²) in [6.07, 6.45) is 7.08. The zero-order valence-electron chi connectivity index (χ0n) is 10.7. The Morgan fingerprint density at radius 1 is 1.53 bits per heavy atom. The van der Waals surface area contributed by atoms with Gasteiger partial charge in [-0.3, -0.25) is 0 Å². The van der Waals surface area contributed by atoms with Crippen molar-refractivity contribution in [1.82, 2.24) is 10.2 Å². The number of thioether (sulfide) groups is 1. The van der Waals surface area contributed by atoms with E-state index in [0.717, 1.165) is 38.1 Å². The first-order chi connectivity index (χ1) is 8.29. The lowest BCUT2D eigenvalue weighted by Gasteiger charge is -2.35. The third kappa shape index (κ3) is 5.17. The molecular formula is C12H24N2O2S. The van der Waals surface area contributed by atoms with E-state index in [0.29, 0.717) is 6.42 Å². The summed E-state index contributed by atoms with van der Waals surface area (Å²) in [5.41, 5.74) is 0. The van der Waals surface area contributed by atoms with Crippen molar-refractivity contribution in [2.75, 3.05) is 31.7 Å². The molecule has 5 heteroatoms. The lowest BCUT2D eigenvalue weighted by Crippen LogP contribution is -2.49. The van der Waals surface area contributed by atoms with Gasteiger partial charge in [-0.05, 0) is 44.1 Å². The van der Waals surface area contributed by atoms with Crippen molar-refractivity contribution in [3.05, 3.63) is 0 Å². The molecule has 17 heavy (non-hydrogen) atoms. The van der Waals surface area contributed by atoms with Crippen LogP contribution in [0.4, 0.5) is 4.79 Å². The molecule has 0 aromatic carbocycles. The van der Waals surface area contributed by atoms with Crippen molar-refractivity contribution in [3.63, 3.8) is 0 Å². The number of nitrogens with zero attached hydrogens (tertiary/aromatic N) is 1. The van der Waals surface area contributed by atoms with Gasteiger partial charge in [0.2, 0.25) is 0 Å². The Balaban J connectivity index is 2.31. The molecule has 2 amide bonds. The van der Waals surface area contributed by atoms with E-state index < -0.39 is 0 Å². The van der Waals surface area contributed by atoms with Crippen LogP contribution in [0.5, 0.6) is 0 Å². The number of carbonyl (C=O) groups is 1. The number of aliphatic hydroxyl groups excluding tert-OH is 1. The van der Waals surface area contributed by atoms with Crippen molar-refractivity contribution >= 4 is 17.8 Å². The zero-order valence-corrected chi connectivity index (χ0v) is 11.5. The Morgan fingerprint density at radius 3 is 3.06 bits per heavy atom. The minimum atomic E-state index is 0.0456. The number of hydrogen-bond acceptors (Lipinski definition) is 3. The number of hydrogen-bond donors (Lipinski definition) is 2. The van der Waals surface area contributed by atoms with E-state index in [1.54, 1.807) is 11.8 Å². The Hall–Kier alpha value is -0.420. The van der Waals surface area contributed by atoms with Crippen LogP contribution in [0.2, 0.25) is 0 Å². The molecule has 1 aliphatic heterocycles. The van der Waals surface area contributed by atoms with E-state index in [1.165, 1.54) is 6.42 Å². The van der Waals surface area contributed by atoms with E-state index >= 15 is 0 Å². The molecule has 1 heterocycles. The third-order valence-corrected chi connectivity index (χ3v) is 3.85. The molecular weight excluding hydrogens is 236 g/mol. The molecule has 0 spiro atoms. The second kappa shape index (κ2) is 8.64. The third-order valence-electron chi connectivity index (χ3n) is 3.15. The number of aliphatic hydroxyl groups is 1. The predicted molar refractivity (Wildman–Crippen MR) is 72.4 cm³/mol. The number of amides is 2. The quantitative estimate of drug-likeness (QED) is 0.715. The topological polar surface area (TPSA) is 52.6 Å². The van der Waals surface area contributed by atoms with Crippen LogP contribution >= 0.6 is 11.8 Å². The van der Waals surface area contributed by atoms with Gasteiger partial charge in [0.25, 0.3) is 0 Å². The number of carbonyl (C=O) groups excluding carboxylic acids is 1. The summed E-state index contributed by atoms with van der Waals surface area (Å²) < 4.78 is 0. The normalized spacial score (nSPS) is 20.4. The molecule has 2 N–H and O–H groups in total. The molecule has 0 bridgehead atoms. The van der Waals surface area contributed by atoms with E-state index in [2.05, 4.69) is 11.6 Å². The SMILES string of the molecule is CSCCCNC(=O)N1CCCCC1CCO. The second-order valence-corrected chi connectivity index (χ2v) is 5.42. The highest BCUT2D eigenvalue weighted by Gasteiger charge is 2.25. The molecule has 1 fully saturated rings. The highest BCUT2D eigenvalue weighted by atomic mass is 32.2. The van der Waals surface area contributed by atoms with Gasteiger partial charge in [-0.1, -0.05) is 0 Å². The molecule has 0 aromatic rings. The highest BCUT2D eigenvalue weighted by molar-refractivity contribution is 7.98. The maximum absolute atomic E-state index is 12.0. The van der Waals surface area contributed by atoms with Gasteiger partial charge in [0.1, 0.15) is 0 Å². The monoisotopic (exact) mass is 260 g/mol. The van der Waals surface area contributed by atoms with Crippen LogP contribution in [0.15, 0.2) is 0 Å². The number of piperidine rings is 1. The molecule has 1 atom stereocenters. The molecule has 0 saturated carbocycles. The Morgan fingerprint density at radius 2 is 2.35 bits per heavy atom. The summed E-state index contributed by atoms with van der Waals surface area (Å²) >= 11 is 1.80. The largest absolute Gasteiger partial charge is 0.396 e. The van der Waals surface area contributed by atoms with Crippen molar-refractivity contribution in [2.45, 2.75) is 38.1 Å².